The molecule has 1 saturated heterocycles. The summed E-state index contributed by atoms with van der Waals surface area (Å²) in [7, 11) is 0. The van der Waals surface area contributed by atoms with Gasteiger partial charge < -0.3 is 15.7 Å². The van der Waals surface area contributed by atoms with Crippen molar-refractivity contribution < 1.29 is 19.5 Å². The average molecular weight is 242 g/mol. The minimum atomic E-state index is -1.03. The number of carboxylic acid groups (broad SMARTS) is 1. The van der Waals surface area contributed by atoms with Gasteiger partial charge in [-0.2, -0.15) is 0 Å². The van der Waals surface area contributed by atoms with Gasteiger partial charge in [-0.25, -0.2) is 4.79 Å². The molecule has 0 unspecified atom stereocenters. The van der Waals surface area contributed by atoms with E-state index in [1.165, 1.54) is 0 Å². The SMILES string of the molecule is CC(C)[C@@H](NC(=O)[C@H]1CCC(=O)NC1)C(=O)O. The number of amides is 2. The summed E-state index contributed by atoms with van der Waals surface area (Å²) in [6, 6.07) is -0.875. The Kier molecular flexibility index (Phi) is 4.48. The van der Waals surface area contributed by atoms with Crippen LogP contribution in [-0.4, -0.2) is 35.5 Å². The first-order chi connectivity index (χ1) is 7.91. The van der Waals surface area contributed by atoms with Gasteiger partial charge >= 0.3 is 5.97 Å². The summed E-state index contributed by atoms with van der Waals surface area (Å²) in [5.74, 6) is -1.89. The van der Waals surface area contributed by atoms with Crippen LogP contribution in [0.2, 0.25) is 0 Å². The normalized spacial score (nSPS) is 21.8. The molecule has 1 heterocycles. The van der Waals surface area contributed by atoms with Crippen molar-refractivity contribution in [3.05, 3.63) is 0 Å². The molecule has 0 spiro atoms. The topological polar surface area (TPSA) is 95.5 Å². The first kappa shape index (κ1) is 13.5. The monoisotopic (exact) mass is 242 g/mol. The lowest BCUT2D eigenvalue weighted by Crippen LogP contribution is -2.50. The summed E-state index contributed by atoms with van der Waals surface area (Å²) in [6.45, 7) is 3.76. The second-order valence-electron chi connectivity index (χ2n) is 4.61. The zero-order valence-electron chi connectivity index (χ0n) is 10.0. The molecule has 96 valence electrons. The molecule has 0 radical (unpaired) electrons. The fourth-order valence-corrected chi connectivity index (χ4v) is 1.74. The van der Waals surface area contributed by atoms with Gasteiger partial charge in [-0.3, -0.25) is 9.59 Å². The van der Waals surface area contributed by atoms with Gasteiger partial charge in [0.05, 0.1) is 5.92 Å². The molecule has 0 aliphatic carbocycles. The molecule has 2 amide bonds. The van der Waals surface area contributed by atoms with Gasteiger partial charge in [0.2, 0.25) is 11.8 Å². The zero-order chi connectivity index (χ0) is 13.0. The molecule has 1 rings (SSSR count). The Morgan fingerprint density at radius 3 is 2.53 bits per heavy atom. The van der Waals surface area contributed by atoms with Crippen LogP contribution in [0.4, 0.5) is 0 Å². The Balaban J connectivity index is 2.53. The van der Waals surface area contributed by atoms with Crippen LogP contribution in [-0.2, 0) is 14.4 Å². The van der Waals surface area contributed by atoms with Gasteiger partial charge in [0, 0.05) is 13.0 Å². The number of nitrogens with one attached hydrogen (secondary N) is 2. The Bertz CT molecular complexity index is 317. The molecule has 0 saturated carbocycles. The van der Waals surface area contributed by atoms with Crippen molar-refractivity contribution in [3.8, 4) is 0 Å². The van der Waals surface area contributed by atoms with Crippen LogP contribution in [0.25, 0.3) is 0 Å². The molecule has 3 N–H and O–H groups in total. The number of carbonyl (C=O) groups is 3. The van der Waals surface area contributed by atoms with Crippen LogP contribution in [0, 0.1) is 11.8 Å². The molecule has 1 fully saturated rings. The number of hydrogen-bond acceptors (Lipinski definition) is 3. The van der Waals surface area contributed by atoms with E-state index in [1.807, 2.05) is 0 Å². The standard InChI is InChI=1S/C11H18N2O4/c1-6(2)9(11(16)17)13-10(15)7-3-4-8(14)12-5-7/h6-7,9H,3-5H2,1-2H3,(H,12,14)(H,13,15)(H,16,17)/t7-,9+/m0/s1. The third-order valence-electron chi connectivity index (χ3n) is 2.87. The van der Waals surface area contributed by atoms with E-state index >= 15 is 0 Å². The molecule has 6 heteroatoms. The van der Waals surface area contributed by atoms with Gasteiger partial charge in [-0.05, 0) is 12.3 Å². The van der Waals surface area contributed by atoms with Crippen LogP contribution >= 0.6 is 0 Å². The van der Waals surface area contributed by atoms with Crippen LogP contribution in [0.3, 0.4) is 0 Å². The van der Waals surface area contributed by atoms with Gasteiger partial charge in [0.25, 0.3) is 0 Å². The molecule has 0 aromatic carbocycles. The summed E-state index contributed by atoms with van der Waals surface area (Å²) >= 11 is 0. The molecule has 2 atom stereocenters. The Hall–Kier alpha value is -1.59. The number of hydrogen-bond donors (Lipinski definition) is 3. The van der Waals surface area contributed by atoms with E-state index in [1.54, 1.807) is 13.8 Å². The van der Waals surface area contributed by atoms with Crippen molar-refractivity contribution >= 4 is 17.8 Å². The lowest BCUT2D eigenvalue weighted by Gasteiger charge is -2.25. The van der Waals surface area contributed by atoms with Crippen molar-refractivity contribution in [1.82, 2.24) is 10.6 Å². The predicted octanol–water partition coefficient (Wildman–Crippen LogP) is -0.262. The smallest absolute Gasteiger partial charge is 0.326 e. The van der Waals surface area contributed by atoms with Crippen LogP contribution in [0.15, 0.2) is 0 Å². The van der Waals surface area contributed by atoms with Crippen molar-refractivity contribution in [1.29, 1.82) is 0 Å². The maximum Gasteiger partial charge on any atom is 0.326 e. The summed E-state index contributed by atoms with van der Waals surface area (Å²) in [5, 5.41) is 14.1. The first-order valence-electron chi connectivity index (χ1n) is 5.71. The highest BCUT2D eigenvalue weighted by atomic mass is 16.4. The molecule has 0 aromatic heterocycles. The fraction of sp³-hybridized carbons (Fsp3) is 0.727. The average Bonchev–Trinajstić information content (AvgIpc) is 2.25. The lowest BCUT2D eigenvalue weighted by atomic mass is 9.96. The Labute approximate surface area is 99.8 Å². The highest BCUT2D eigenvalue weighted by Crippen LogP contribution is 2.12. The molecule has 1 aliphatic heterocycles. The molecule has 0 bridgehead atoms. The van der Waals surface area contributed by atoms with Crippen LogP contribution in [0.1, 0.15) is 26.7 Å². The highest BCUT2D eigenvalue weighted by Gasteiger charge is 2.29. The van der Waals surface area contributed by atoms with Gasteiger partial charge in [0.1, 0.15) is 6.04 Å². The quantitative estimate of drug-likeness (QED) is 0.632. The van der Waals surface area contributed by atoms with E-state index < -0.39 is 12.0 Å². The minimum absolute atomic E-state index is 0.0623. The second kappa shape index (κ2) is 5.65. The molecular weight excluding hydrogens is 224 g/mol. The molecule has 17 heavy (non-hydrogen) atoms. The zero-order valence-corrected chi connectivity index (χ0v) is 10.0. The van der Waals surface area contributed by atoms with Crippen molar-refractivity contribution in [2.45, 2.75) is 32.7 Å². The summed E-state index contributed by atoms with van der Waals surface area (Å²) in [4.78, 5) is 33.7. The molecule has 0 aromatic rings. The van der Waals surface area contributed by atoms with Crippen molar-refractivity contribution in [3.63, 3.8) is 0 Å². The largest absolute Gasteiger partial charge is 0.480 e. The summed E-state index contributed by atoms with van der Waals surface area (Å²) in [5.41, 5.74) is 0. The van der Waals surface area contributed by atoms with Gasteiger partial charge in [0.15, 0.2) is 0 Å². The number of carbonyl (C=O) groups excluding carboxylic acids is 2. The van der Waals surface area contributed by atoms with Crippen molar-refractivity contribution in [2.24, 2.45) is 11.8 Å². The maximum atomic E-state index is 11.8. The first-order valence-corrected chi connectivity index (χ1v) is 5.71. The Morgan fingerprint density at radius 2 is 2.12 bits per heavy atom. The van der Waals surface area contributed by atoms with E-state index in [0.29, 0.717) is 12.8 Å². The van der Waals surface area contributed by atoms with E-state index in [4.69, 9.17) is 5.11 Å². The predicted molar refractivity (Wildman–Crippen MR) is 60.1 cm³/mol. The van der Waals surface area contributed by atoms with Gasteiger partial charge in [-0.1, -0.05) is 13.8 Å². The number of aliphatic carboxylic acids is 1. The van der Waals surface area contributed by atoms with E-state index in [2.05, 4.69) is 10.6 Å². The molecular formula is C11H18N2O4. The third-order valence-corrected chi connectivity index (χ3v) is 2.87. The second-order valence-corrected chi connectivity index (χ2v) is 4.61. The lowest BCUT2D eigenvalue weighted by molar-refractivity contribution is -0.144. The van der Waals surface area contributed by atoms with E-state index in [-0.39, 0.29) is 30.2 Å². The fourth-order valence-electron chi connectivity index (χ4n) is 1.74. The molecule has 6 nitrogen and oxygen atoms in total. The molecule has 1 aliphatic rings. The number of piperidine rings is 1. The highest BCUT2D eigenvalue weighted by molar-refractivity contribution is 5.87. The Morgan fingerprint density at radius 1 is 1.47 bits per heavy atom. The van der Waals surface area contributed by atoms with Gasteiger partial charge in [-0.15, -0.1) is 0 Å². The van der Waals surface area contributed by atoms with E-state index in [0.717, 1.165) is 0 Å². The van der Waals surface area contributed by atoms with Crippen LogP contribution < -0.4 is 10.6 Å². The summed E-state index contributed by atoms with van der Waals surface area (Å²) in [6.07, 6.45) is 0.791. The maximum absolute atomic E-state index is 11.8. The minimum Gasteiger partial charge on any atom is -0.480 e. The van der Waals surface area contributed by atoms with E-state index in [9.17, 15) is 14.4 Å². The number of rotatable bonds is 4. The van der Waals surface area contributed by atoms with Crippen LogP contribution in [0.5, 0.6) is 0 Å². The van der Waals surface area contributed by atoms with Crippen molar-refractivity contribution in [2.75, 3.05) is 6.54 Å². The third kappa shape index (κ3) is 3.72. The number of carboxylic acids is 1. The summed E-state index contributed by atoms with van der Waals surface area (Å²) < 4.78 is 0.